The van der Waals surface area contributed by atoms with Crippen molar-refractivity contribution in [1.82, 2.24) is 20.3 Å². The molecule has 0 spiro atoms. The van der Waals surface area contributed by atoms with Crippen LogP contribution in [0.15, 0.2) is 24.3 Å². The molecule has 0 bridgehead atoms. The highest BCUT2D eigenvalue weighted by Gasteiger charge is 2.31. The average Bonchev–Trinajstić information content (AvgIpc) is 2.91. The first-order chi connectivity index (χ1) is 12.0. The maximum Gasteiger partial charge on any atom is 0.274 e. The van der Waals surface area contributed by atoms with Gasteiger partial charge in [0.05, 0.1) is 29.6 Å². The van der Waals surface area contributed by atoms with Crippen molar-refractivity contribution >= 4 is 5.91 Å². The Morgan fingerprint density at radius 3 is 2.64 bits per heavy atom. The van der Waals surface area contributed by atoms with Crippen LogP contribution in [0.25, 0.3) is 5.69 Å². The Morgan fingerprint density at radius 1 is 1.24 bits per heavy atom. The molecule has 0 radical (unpaired) electrons. The van der Waals surface area contributed by atoms with Crippen molar-refractivity contribution < 1.29 is 19.4 Å². The molecule has 3 atom stereocenters. The fraction of sp³-hybridized carbons (Fsp3) is 0.471. The molecule has 134 valence electrons. The summed E-state index contributed by atoms with van der Waals surface area (Å²) in [7, 11) is 0. The van der Waals surface area contributed by atoms with Gasteiger partial charge in [0, 0.05) is 0 Å². The highest BCUT2D eigenvalue weighted by molar-refractivity contribution is 5.93. The van der Waals surface area contributed by atoms with Crippen LogP contribution in [0.1, 0.15) is 41.9 Å². The third kappa shape index (κ3) is 3.69. The summed E-state index contributed by atoms with van der Waals surface area (Å²) < 4.78 is 14.5. The van der Waals surface area contributed by atoms with E-state index >= 15 is 0 Å². The molecule has 1 fully saturated rings. The Kier molecular flexibility index (Phi) is 5.10. The predicted molar refractivity (Wildman–Crippen MR) is 87.8 cm³/mol. The number of aliphatic hydroxyl groups excluding tert-OH is 2. The fourth-order valence-corrected chi connectivity index (χ4v) is 3.09. The Labute approximate surface area is 144 Å². The maximum atomic E-state index is 13.0. The summed E-state index contributed by atoms with van der Waals surface area (Å²) >= 11 is 0. The van der Waals surface area contributed by atoms with Gasteiger partial charge in [0.2, 0.25) is 0 Å². The number of hydrogen-bond acceptors (Lipinski definition) is 5. The molecular weight excluding hydrogens is 327 g/mol. The zero-order valence-electron chi connectivity index (χ0n) is 13.9. The van der Waals surface area contributed by atoms with Crippen molar-refractivity contribution in [3.05, 3.63) is 41.5 Å². The molecule has 1 aliphatic carbocycles. The second-order valence-electron chi connectivity index (χ2n) is 6.33. The van der Waals surface area contributed by atoms with Gasteiger partial charge in [-0.15, -0.1) is 5.10 Å². The normalized spacial score (nSPS) is 23.9. The molecule has 3 rings (SSSR count). The number of nitrogens with zero attached hydrogens (tertiary/aromatic N) is 3. The number of halogens is 1. The van der Waals surface area contributed by atoms with Gasteiger partial charge >= 0.3 is 0 Å². The van der Waals surface area contributed by atoms with E-state index in [9.17, 15) is 19.4 Å². The number of benzene rings is 1. The van der Waals surface area contributed by atoms with Crippen molar-refractivity contribution in [2.75, 3.05) is 0 Å². The van der Waals surface area contributed by atoms with Gasteiger partial charge in [0.1, 0.15) is 5.82 Å². The average molecular weight is 348 g/mol. The van der Waals surface area contributed by atoms with Gasteiger partial charge in [-0.05, 0) is 44.0 Å². The van der Waals surface area contributed by atoms with E-state index in [0.717, 1.165) is 12.8 Å². The lowest BCUT2D eigenvalue weighted by molar-refractivity contribution is -0.00129. The van der Waals surface area contributed by atoms with Crippen LogP contribution in [0.3, 0.4) is 0 Å². The van der Waals surface area contributed by atoms with Crippen molar-refractivity contribution in [2.45, 2.75) is 50.9 Å². The number of aliphatic hydroxyl groups is 2. The Balaban J connectivity index is 1.78. The molecule has 8 heteroatoms. The van der Waals surface area contributed by atoms with Gasteiger partial charge in [-0.2, -0.15) is 0 Å². The molecule has 1 aliphatic rings. The van der Waals surface area contributed by atoms with E-state index in [1.165, 1.54) is 16.8 Å². The van der Waals surface area contributed by atoms with E-state index in [4.69, 9.17) is 0 Å². The largest absolute Gasteiger partial charge is 0.390 e. The minimum Gasteiger partial charge on any atom is -0.390 e. The quantitative estimate of drug-likeness (QED) is 0.722. The lowest BCUT2D eigenvalue weighted by Crippen LogP contribution is -2.47. The number of hydrogen-bond donors (Lipinski definition) is 3. The fourth-order valence-electron chi connectivity index (χ4n) is 3.09. The summed E-state index contributed by atoms with van der Waals surface area (Å²) in [5, 5.41) is 30.6. The van der Waals surface area contributed by atoms with Crippen LogP contribution in [-0.2, 0) is 0 Å². The molecule has 1 heterocycles. The highest BCUT2D eigenvalue weighted by Crippen LogP contribution is 2.20. The Morgan fingerprint density at radius 2 is 1.92 bits per heavy atom. The van der Waals surface area contributed by atoms with Gasteiger partial charge in [-0.1, -0.05) is 18.1 Å². The molecular formula is C17H21FN4O3. The van der Waals surface area contributed by atoms with Crippen LogP contribution in [-0.4, -0.2) is 49.4 Å². The maximum absolute atomic E-state index is 13.0. The van der Waals surface area contributed by atoms with Gasteiger partial charge in [0.25, 0.3) is 5.91 Å². The van der Waals surface area contributed by atoms with Gasteiger partial charge < -0.3 is 15.5 Å². The summed E-state index contributed by atoms with van der Waals surface area (Å²) in [4.78, 5) is 12.5. The molecule has 2 aromatic rings. The second-order valence-corrected chi connectivity index (χ2v) is 6.33. The second kappa shape index (κ2) is 7.28. The molecule has 1 aromatic carbocycles. The summed E-state index contributed by atoms with van der Waals surface area (Å²) in [5.41, 5.74) is 1.23. The van der Waals surface area contributed by atoms with Crippen LogP contribution >= 0.6 is 0 Å². The number of aromatic nitrogens is 3. The van der Waals surface area contributed by atoms with E-state index in [2.05, 4.69) is 15.6 Å². The number of rotatable bonds is 3. The van der Waals surface area contributed by atoms with E-state index in [1.807, 2.05) is 0 Å². The van der Waals surface area contributed by atoms with E-state index < -0.39 is 24.2 Å². The molecule has 1 amide bonds. The van der Waals surface area contributed by atoms with Crippen LogP contribution < -0.4 is 5.32 Å². The number of amides is 1. The zero-order chi connectivity index (χ0) is 18.0. The van der Waals surface area contributed by atoms with Crippen molar-refractivity contribution in [2.24, 2.45) is 0 Å². The molecule has 0 aliphatic heterocycles. The summed E-state index contributed by atoms with van der Waals surface area (Å²) in [6.45, 7) is 1.69. The van der Waals surface area contributed by atoms with Crippen LogP contribution in [0.5, 0.6) is 0 Å². The first-order valence-electron chi connectivity index (χ1n) is 8.32. The van der Waals surface area contributed by atoms with Crippen molar-refractivity contribution in [3.63, 3.8) is 0 Å². The van der Waals surface area contributed by atoms with Crippen molar-refractivity contribution in [3.8, 4) is 5.69 Å². The third-order valence-electron chi connectivity index (χ3n) is 4.57. The molecule has 0 unspecified atom stereocenters. The van der Waals surface area contributed by atoms with Crippen LogP contribution in [0, 0.1) is 12.7 Å². The van der Waals surface area contributed by atoms with E-state index in [0.29, 0.717) is 24.2 Å². The standard InChI is InChI=1S/C17H21FN4O3/c1-10-15(20-21-22(10)12-8-6-11(18)7-9-12)17(25)19-13-4-2-3-5-14(23)16(13)24/h6-9,13-14,16,23-24H,2-5H2,1H3,(H,19,25)/t13-,14-,16-/m1/s1. The van der Waals surface area contributed by atoms with E-state index in [1.54, 1.807) is 19.1 Å². The molecule has 0 saturated heterocycles. The minimum atomic E-state index is -1.00. The molecule has 1 saturated carbocycles. The molecule has 25 heavy (non-hydrogen) atoms. The van der Waals surface area contributed by atoms with Crippen LogP contribution in [0.2, 0.25) is 0 Å². The monoisotopic (exact) mass is 348 g/mol. The first-order valence-corrected chi connectivity index (χ1v) is 8.32. The highest BCUT2D eigenvalue weighted by atomic mass is 19.1. The van der Waals surface area contributed by atoms with Crippen molar-refractivity contribution in [1.29, 1.82) is 0 Å². The Hall–Kier alpha value is -2.32. The minimum absolute atomic E-state index is 0.135. The molecule has 7 nitrogen and oxygen atoms in total. The van der Waals surface area contributed by atoms with Gasteiger partial charge in [0.15, 0.2) is 5.69 Å². The summed E-state index contributed by atoms with van der Waals surface area (Å²) in [6, 6.07) is 5.17. The van der Waals surface area contributed by atoms with Gasteiger partial charge in [-0.25, -0.2) is 9.07 Å². The first kappa shape index (κ1) is 17.5. The summed E-state index contributed by atoms with van der Waals surface area (Å²) in [5.74, 6) is -0.815. The van der Waals surface area contributed by atoms with Crippen LogP contribution in [0.4, 0.5) is 4.39 Å². The SMILES string of the molecule is Cc1c(C(=O)N[C@@H]2CCCC[C@@H](O)[C@@H]2O)nnn1-c1ccc(F)cc1. The molecule has 3 N–H and O–H groups in total. The van der Waals surface area contributed by atoms with E-state index in [-0.39, 0.29) is 11.5 Å². The summed E-state index contributed by atoms with van der Waals surface area (Å²) in [6.07, 6.45) is 0.898. The third-order valence-corrected chi connectivity index (χ3v) is 4.57. The topological polar surface area (TPSA) is 100 Å². The smallest absolute Gasteiger partial charge is 0.274 e. The predicted octanol–water partition coefficient (Wildman–Crippen LogP) is 1.11. The molecule has 1 aromatic heterocycles. The zero-order valence-corrected chi connectivity index (χ0v) is 13.9. The van der Waals surface area contributed by atoms with Gasteiger partial charge in [-0.3, -0.25) is 4.79 Å². The number of carbonyl (C=O) groups is 1. The Bertz CT molecular complexity index is 747. The number of nitrogens with one attached hydrogen (secondary N) is 1. The lowest BCUT2D eigenvalue weighted by Gasteiger charge is -2.24. The number of carbonyl (C=O) groups excluding carboxylic acids is 1. The lowest BCUT2D eigenvalue weighted by atomic mass is 10.0.